The average Bonchev–Trinajstić information content (AvgIpc) is 1.97. The van der Waals surface area contributed by atoms with Gasteiger partial charge in [0.1, 0.15) is 0 Å². The minimum absolute atomic E-state index is 0.196. The Balaban J connectivity index is 3.89. The fraction of sp³-hybridized carbons (Fsp3) is 0.667. The number of hydrogen-bond acceptors (Lipinski definition) is 4. The molecule has 1 N–H and O–H groups in total. The summed E-state index contributed by atoms with van der Waals surface area (Å²) in [7, 11) is 1.45. The fourth-order valence-electron chi connectivity index (χ4n) is 0.536. The molecule has 0 aliphatic heterocycles. The van der Waals surface area contributed by atoms with Crippen molar-refractivity contribution >= 4 is 12.0 Å². The van der Waals surface area contributed by atoms with E-state index < -0.39 is 12.0 Å². The largest absolute Gasteiger partial charge is 0.480 e. The first kappa shape index (κ1) is 9.81. The number of hydrogen-bond donors (Lipinski definition) is 1. The number of aliphatic imine (C=N–C) groups is 1. The van der Waals surface area contributed by atoms with Gasteiger partial charge >= 0.3 is 5.97 Å². The van der Waals surface area contributed by atoms with E-state index in [0.29, 0.717) is 0 Å². The third-order valence-corrected chi connectivity index (χ3v) is 1.09. The molecule has 11 heavy (non-hydrogen) atoms. The quantitative estimate of drug-likeness (QED) is 0.445. The van der Waals surface area contributed by atoms with E-state index in [1.807, 2.05) is 0 Å². The first-order valence-corrected chi connectivity index (χ1v) is 3.01. The summed E-state index contributed by atoms with van der Waals surface area (Å²) in [4.78, 5) is 23.0. The zero-order valence-electron chi connectivity index (χ0n) is 6.11. The fourth-order valence-corrected chi connectivity index (χ4v) is 0.536. The van der Waals surface area contributed by atoms with Crippen LogP contribution in [-0.4, -0.2) is 36.9 Å². The third kappa shape index (κ3) is 4.25. The van der Waals surface area contributed by atoms with Crippen molar-refractivity contribution in [3.05, 3.63) is 0 Å². The number of isocyanates is 1. The molecule has 0 spiro atoms. The number of carboxylic acid groups (broad SMARTS) is 1. The van der Waals surface area contributed by atoms with Crippen molar-refractivity contribution in [1.82, 2.24) is 0 Å². The van der Waals surface area contributed by atoms with Gasteiger partial charge in [-0.2, -0.15) is 4.99 Å². The predicted octanol–water partition coefficient (Wildman–Crippen LogP) is -0.188. The molecule has 0 aromatic carbocycles. The normalized spacial score (nSPS) is 11.7. The molecule has 0 aliphatic carbocycles. The summed E-state index contributed by atoms with van der Waals surface area (Å²) in [6.45, 7) is 0.266. The molecule has 0 aliphatic rings. The van der Waals surface area contributed by atoms with Gasteiger partial charge in [0.05, 0.1) is 0 Å². The molecule has 0 heterocycles. The average molecular weight is 159 g/mol. The van der Waals surface area contributed by atoms with Crippen LogP contribution in [0.25, 0.3) is 0 Å². The van der Waals surface area contributed by atoms with Crippen LogP contribution in [0.2, 0.25) is 0 Å². The maximum atomic E-state index is 10.3. The van der Waals surface area contributed by atoms with Crippen LogP contribution in [0.5, 0.6) is 0 Å². The topological polar surface area (TPSA) is 76.0 Å². The van der Waals surface area contributed by atoms with Crippen LogP contribution >= 0.6 is 0 Å². The molecule has 0 bridgehead atoms. The van der Waals surface area contributed by atoms with Crippen molar-refractivity contribution in [3.63, 3.8) is 0 Å². The van der Waals surface area contributed by atoms with E-state index >= 15 is 0 Å². The first-order chi connectivity index (χ1) is 5.22. The number of carboxylic acids is 1. The molecule has 0 saturated heterocycles. The Labute approximate surface area is 63.7 Å². The lowest BCUT2D eigenvalue weighted by atomic mass is 10.2. The molecule has 0 fully saturated rings. The highest BCUT2D eigenvalue weighted by atomic mass is 16.5. The molecule has 0 rings (SSSR count). The van der Waals surface area contributed by atoms with E-state index in [1.165, 1.54) is 13.2 Å². The van der Waals surface area contributed by atoms with Crippen molar-refractivity contribution < 1.29 is 19.4 Å². The first-order valence-electron chi connectivity index (χ1n) is 3.01. The van der Waals surface area contributed by atoms with E-state index in [2.05, 4.69) is 9.73 Å². The maximum Gasteiger partial charge on any atom is 0.329 e. The summed E-state index contributed by atoms with van der Waals surface area (Å²) in [5, 5.41) is 8.40. The number of ether oxygens (including phenoxy) is 1. The van der Waals surface area contributed by atoms with Gasteiger partial charge in [0.15, 0.2) is 6.04 Å². The number of methoxy groups -OCH3 is 1. The van der Waals surface area contributed by atoms with E-state index in [9.17, 15) is 9.59 Å². The summed E-state index contributed by atoms with van der Waals surface area (Å²) in [5.41, 5.74) is 0. The molecule has 0 aromatic heterocycles. The zero-order chi connectivity index (χ0) is 8.69. The molecular formula is C6H9NO4. The van der Waals surface area contributed by atoms with Gasteiger partial charge < -0.3 is 9.84 Å². The Morgan fingerprint density at radius 3 is 2.82 bits per heavy atom. The lowest BCUT2D eigenvalue weighted by Crippen LogP contribution is -2.19. The molecule has 1 atom stereocenters. The summed E-state index contributed by atoms with van der Waals surface area (Å²) in [6.07, 6.45) is 1.39. The number of rotatable bonds is 5. The smallest absolute Gasteiger partial charge is 0.329 e. The highest BCUT2D eigenvalue weighted by Crippen LogP contribution is 1.96. The van der Waals surface area contributed by atoms with Crippen LogP contribution < -0.4 is 0 Å². The van der Waals surface area contributed by atoms with Crippen LogP contribution in [0.3, 0.4) is 0 Å². The van der Waals surface area contributed by atoms with Gasteiger partial charge in [-0.15, -0.1) is 0 Å². The number of carbonyl (C=O) groups excluding carboxylic acids is 1. The van der Waals surface area contributed by atoms with Crippen molar-refractivity contribution in [2.75, 3.05) is 13.7 Å². The second-order valence-corrected chi connectivity index (χ2v) is 1.86. The van der Waals surface area contributed by atoms with Gasteiger partial charge in [0.25, 0.3) is 0 Å². The zero-order valence-corrected chi connectivity index (χ0v) is 6.11. The standard InChI is InChI=1S/C6H9NO4/c1-11-3-2-5(6(9)10)7-4-8/h5H,2-3H2,1H3,(H,9,10). The Morgan fingerprint density at radius 1 is 1.82 bits per heavy atom. The number of nitrogens with zero attached hydrogens (tertiary/aromatic N) is 1. The minimum atomic E-state index is -1.13. The molecule has 1 unspecified atom stereocenters. The molecule has 5 nitrogen and oxygen atoms in total. The van der Waals surface area contributed by atoms with E-state index in [-0.39, 0.29) is 13.0 Å². The third-order valence-electron chi connectivity index (χ3n) is 1.09. The van der Waals surface area contributed by atoms with Crippen molar-refractivity contribution in [1.29, 1.82) is 0 Å². The van der Waals surface area contributed by atoms with Crippen LogP contribution in [-0.2, 0) is 14.3 Å². The minimum Gasteiger partial charge on any atom is -0.480 e. The molecule has 0 saturated carbocycles. The summed E-state index contributed by atoms with van der Waals surface area (Å²) in [6, 6.07) is -1.02. The van der Waals surface area contributed by atoms with Gasteiger partial charge in [-0.25, -0.2) is 9.59 Å². The van der Waals surface area contributed by atoms with Crippen LogP contribution in [0.1, 0.15) is 6.42 Å². The highest BCUT2D eigenvalue weighted by Gasteiger charge is 2.14. The Kier molecular flexibility index (Phi) is 4.98. The highest BCUT2D eigenvalue weighted by molar-refractivity contribution is 5.74. The molecule has 5 heteroatoms. The molecule has 0 radical (unpaired) electrons. The molecule has 0 aromatic rings. The summed E-state index contributed by atoms with van der Waals surface area (Å²) in [5.74, 6) is -1.13. The SMILES string of the molecule is COCCC(N=C=O)C(=O)O. The second kappa shape index (κ2) is 5.58. The predicted molar refractivity (Wildman–Crippen MR) is 36.0 cm³/mol. The molecule has 62 valence electrons. The lowest BCUT2D eigenvalue weighted by molar-refractivity contribution is -0.138. The van der Waals surface area contributed by atoms with Crippen molar-refractivity contribution in [3.8, 4) is 0 Å². The van der Waals surface area contributed by atoms with Gasteiger partial charge in [-0.05, 0) is 0 Å². The second-order valence-electron chi connectivity index (χ2n) is 1.86. The van der Waals surface area contributed by atoms with Crippen molar-refractivity contribution in [2.24, 2.45) is 4.99 Å². The number of aliphatic carboxylic acids is 1. The molecular weight excluding hydrogens is 150 g/mol. The summed E-state index contributed by atoms with van der Waals surface area (Å²) >= 11 is 0. The van der Waals surface area contributed by atoms with Crippen LogP contribution in [0.15, 0.2) is 4.99 Å². The van der Waals surface area contributed by atoms with Crippen molar-refractivity contribution in [2.45, 2.75) is 12.5 Å². The van der Waals surface area contributed by atoms with Crippen LogP contribution in [0, 0.1) is 0 Å². The van der Waals surface area contributed by atoms with Crippen LogP contribution in [0.4, 0.5) is 0 Å². The summed E-state index contributed by atoms with van der Waals surface area (Å²) < 4.78 is 4.62. The van der Waals surface area contributed by atoms with Gasteiger partial charge in [-0.1, -0.05) is 0 Å². The Morgan fingerprint density at radius 2 is 2.45 bits per heavy atom. The Bertz CT molecular complexity index is 171. The lowest BCUT2D eigenvalue weighted by Gasteiger charge is -2.02. The van der Waals surface area contributed by atoms with E-state index in [0.717, 1.165) is 0 Å². The number of carbonyl (C=O) groups is 1. The van der Waals surface area contributed by atoms with Gasteiger partial charge in [0, 0.05) is 20.1 Å². The monoisotopic (exact) mass is 159 g/mol. The Hall–Kier alpha value is -1.19. The van der Waals surface area contributed by atoms with Gasteiger partial charge in [0.2, 0.25) is 6.08 Å². The molecule has 0 amide bonds. The van der Waals surface area contributed by atoms with E-state index in [4.69, 9.17) is 5.11 Å². The van der Waals surface area contributed by atoms with E-state index in [1.54, 1.807) is 0 Å². The van der Waals surface area contributed by atoms with Gasteiger partial charge in [-0.3, -0.25) is 0 Å². The maximum absolute atomic E-state index is 10.3.